The zero-order valence-corrected chi connectivity index (χ0v) is 10.1. The fraction of sp³-hybridized carbons (Fsp3) is 0.231. The highest BCUT2D eigenvalue weighted by Gasteiger charge is 2.13. The lowest BCUT2D eigenvalue weighted by atomic mass is 10.1. The van der Waals surface area contributed by atoms with Gasteiger partial charge >= 0.3 is 0 Å². The zero-order valence-electron chi connectivity index (χ0n) is 10.1. The third kappa shape index (κ3) is 2.36. The van der Waals surface area contributed by atoms with Crippen LogP contribution in [0.5, 0.6) is 0 Å². The lowest BCUT2D eigenvalue weighted by Gasteiger charge is -2.04. The number of hydrogen-bond donors (Lipinski definition) is 1. The van der Waals surface area contributed by atoms with Gasteiger partial charge in [0.1, 0.15) is 11.4 Å². The predicted molar refractivity (Wildman–Crippen MR) is 65.1 cm³/mol. The summed E-state index contributed by atoms with van der Waals surface area (Å²) in [7, 11) is 0. The molecule has 0 saturated carbocycles. The minimum atomic E-state index is -0.150. The lowest BCUT2D eigenvalue weighted by molar-refractivity contribution is 0.102. The number of nitrogens with zero attached hydrogens (tertiary/aromatic N) is 1. The second-order valence-electron chi connectivity index (χ2n) is 4.02. The monoisotopic (exact) mass is 230 g/mol. The molecule has 0 aliphatic heterocycles. The fourth-order valence-electron chi connectivity index (χ4n) is 1.63. The van der Waals surface area contributed by atoms with Crippen molar-refractivity contribution in [1.29, 1.82) is 0 Å². The highest BCUT2D eigenvalue weighted by atomic mass is 16.5. The van der Waals surface area contributed by atoms with Gasteiger partial charge < -0.3 is 9.84 Å². The largest absolute Gasteiger partial charge is 0.359 e. The second kappa shape index (κ2) is 4.41. The number of nitrogens with one attached hydrogen (secondary N) is 1. The van der Waals surface area contributed by atoms with Gasteiger partial charge in [-0.25, -0.2) is 0 Å². The van der Waals surface area contributed by atoms with Gasteiger partial charge in [-0.15, -0.1) is 0 Å². The summed E-state index contributed by atoms with van der Waals surface area (Å²) in [5.41, 5.74) is 3.02. The van der Waals surface area contributed by atoms with Crippen molar-refractivity contribution < 1.29 is 9.32 Å². The third-order valence-corrected chi connectivity index (χ3v) is 2.55. The van der Waals surface area contributed by atoms with Crippen LogP contribution in [0.2, 0.25) is 0 Å². The van der Waals surface area contributed by atoms with Crippen molar-refractivity contribution in [3.05, 3.63) is 46.8 Å². The van der Waals surface area contributed by atoms with Crippen LogP contribution in [0.4, 0.5) is 5.69 Å². The van der Waals surface area contributed by atoms with E-state index in [1.165, 1.54) is 0 Å². The van der Waals surface area contributed by atoms with Gasteiger partial charge in [0.2, 0.25) is 0 Å². The number of carbonyl (C=O) groups excluding carboxylic acids is 1. The van der Waals surface area contributed by atoms with E-state index in [9.17, 15) is 4.79 Å². The molecular formula is C13H14N2O2. The van der Waals surface area contributed by atoms with Crippen molar-refractivity contribution in [2.75, 3.05) is 5.32 Å². The molecule has 1 heterocycles. The lowest BCUT2D eigenvalue weighted by Crippen LogP contribution is -2.12. The molecule has 0 aliphatic rings. The number of aryl methyl sites for hydroxylation is 3. The summed E-state index contributed by atoms with van der Waals surface area (Å²) in [4.78, 5) is 12.0. The molecule has 4 heteroatoms. The van der Waals surface area contributed by atoms with Gasteiger partial charge in [0.25, 0.3) is 5.91 Å². The van der Waals surface area contributed by atoms with E-state index in [0.29, 0.717) is 22.7 Å². The number of rotatable bonds is 2. The summed E-state index contributed by atoms with van der Waals surface area (Å²) < 4.78 is 4.99. The third-order valence-electron chi connectivity index (χ3n) is 2.55. The van der Waals surface area contributed by atoms with Crippen LogP contribution in [-0.4, -0.2) is 11.1 Å². The predicted octanol–water partition coefficient (Wildman–Crippen LogP) is 2.85. The highest BCUT2D eigenvalue weighted by Crippen LogP contribution is 2.19. The van der Waals surface area contributed by atoms with E-state index in [-0.39, 0.29) is 5.91 Å². The molecular weight excluding hydrogens is 216 g/mol. The first kappa shape index (κ1) is 11.4. The van der Waals surface area contributed by atoms with Crippen LogP contribution in [0, 0.1) is 20.8 Å². The second-order valence-corrected chi connectivity index (χ2v) is 4.02. The van der Waals surface area contributed by atoms with Crippen molar-refractivity contribution in [1.82, 2.24) is 5.16 Å². The number of benzene rings is 1. The molecule has 0 bridgehead atoms. The van der Waals surface area contributed by atoms with Gasteiger partial charge in [0.15, 0.2) is 5.76 Å². The van der Waals surface area contributed by atoms with Crippen LogP contribution in [-0.2, 0) is 0 Å². The summed E-state index contributed by atoms with van der Waals surface area (Å²) in [5.74, 6) is 0.464. The summed E-state index contributed by atoms with van der Waals surface area (Å²) in [5, 5.41) is 6.60. The topological polar surface area (TPSA) is 55.1 Å². The minimum absolute atomic E-state index is 0.150. The Morgan fingerprint density at radius 3 is 2.65 bits per heavy atom. The van der Waals surface area contributed by atoms with Gasteiger partial charge in [-0.1, -0.05) is 22.9 Å². The van der Waals surface area contributed by atoms with Gasteiger partial charge in [0.05, 0.1) is 0 Å². The number of carbonyl (C=O) groups is 1. The molecule has 17 heavy (non-hydrogen) atoms. The van der Waals surface area contributed by atoms with Crippen molar-refractivity contribution >= 4 is 11.6 Å². The summed E-state index contributed by atoms with van der Waals surface area (Å²) >= 11 is 0. The van der Waals surface area contributed by atoms with Crippen LogP contribution >= 0.6 is 0 Å². The molecule has 0 unspecified atom stereocenters. The number of hydrogen-bond acceptors (Lipinski definition) is 3. The van der Waals surface area contributed by atoms with Crippen LogP contribution in [0.3, 0.4) is 0 Å². The molecule has 1 aromatic carbocycles. The Morgan fingerprint density at radius 1 is 1.29 bits per heavy atom. The van der Waals surface area contributed by atoms with E-state index in [4.69, 9.17) is 4.52 Å². The van der Waals surface area contributed by atoms with E-state index in [1.807, 2.05) is 25.1 Å². The Morgan fingerprint density at radius 2 is 2.06 bits per heavy atom. The van der Waals surface area contributed by atoms with Gasteiger partial charge in [-0.3, -0.25) is 4.79 Å². The first-order valence-corrected chi connectivity index (χ1v) is 5.39. The quantitative estimate of drug-likeness (QED) is 0.863. The molecule has 1 amide bonds. The Hall–Kier alpha value is -2.10. The van der Waals surface area contributed by atoms with Crippen LogP contribution in [0.1, 0.15) is 27.4 Å². The molecule has 0 saturated heterocycles. The minimum Gasteiger partial charge on any atom is -0.359 e. The molecule has 2 rings (SSSR count). The molecule has 88 valence electrons. The maximum absolute atomic E-state index is 12.0. The normalized spacial score (nSPS) is 10.3. The van der Waals surface area contributed by atoms with Crippen molar-refractivity contribution in [3.8, 4) is 0 Å². The number of aromatic nitrogens is 1. The molecule has 0 aliphatic carbocycles. The van der Waals surface area contributed by atoms with E-state index >= 15 is 0 Å². The SMILES string of the molecule is Cc1cccc(C(=O)Nc2c(C)noc2C)c1. The van der Waals surface area contributed by atoms with E-state index in [0.717, 1.165) is 5.56 Å². The average molecular weight is 230 g/mol. The zero-order chi connectivity index (χ0) is 12.4. The maximum Gasteiger partial charge on any atom is 0.255 e. The Kier molecular flexibility index (Phi) is 2.95. The molecule has 1 aromatic heterocycles. The first-order chi connectivity index (χ1) is 8.08. The summed E-state index contributed by atoms with van der Waals surface area (Å²) in [6.07, 6.45) is 0. The molecule has 0 spiro atoms. The molecule has 2 aromatic rings. The summed E-state index contributed by atoms with van der Waals surface area (Å²) in [6.45, 7) is 5.51. The fourth-order valence-corrected chi connectivity index (χ4v) is 1.63. The first-order valence-electron chi connectivity index (χ1n) is 5.39. The molecule has 0 atom stereocenters. The van der Waals surface area contributed by atoms with Gasteiger partial charge in [0, 0.05) is 5.56 Å². The van der Waals surface area contributed by atoms with Gasteiger partial charge in [-0.2, -0.15) is 0 Å². The standard InChI is InChI=1S/C13H14N2O2/c1-8-5-4-6-11(7-8)13(16)14-12-9(2)15-17-10(12)3/h4-7H,1-3H3,(H,14,16). The van der Waals surface area contributed by atoms with Gasteiger partial charge in [-0.05, 0) is 32.9 Å². The Balaban J connectivity index is 2.23. The average Bonchev–Trinajstić information content (AvgIpc) is 2.61. The van der Waals surface area contributed by atoms with E-state index < -0.39 is 0 Å². The Labute approximate surface area is 99.6 Å². The van der Waals surface area contributed by atoms with Crippen LogP contribution < -0.4 is 5.32 Å². The van der Waals surface area contributed by atoms with Crippen molar-refractivity contribution in [3.63, 3.8) is 0 Å². The molecule has 4 nitrogen and oxygen atoms in total. The number of anilines is 1. The maximum atomic E-state index is 12.0. The van der Waals surface area contributed by atoms with Crippen molar-refractivity contribution in [2.45, 2.75) is 20.8 Å². The summed E-state index contributed by atoms with van der Waals surface area (Å²) in [6, 6.07) is 7.43. The molecule has 0 fully saturated rings. The smallest absolute Gasteiger partial charge is 0.255 e. The van der Waals surface area contributed by atoms with Crippen LogP contribution in [0.25, 0.3) is 0 Å². The number of amides is 1. The Bertz CT molecular complexity index is 539. The van der Waals surface area contributed by atoms with E-state index in [1.54, 1.807) is 19.9 Å². The molecule has 0 radical (unpaired) electrons. The highest BCUT2D eigenvalue weighted by molar-refractivity contribution is 6.04. The van der Waals surface area contributed by atoms with Crippen molar-refractivity contribution in [2.24, 2.45) is 0 Å². The van der Waals surface area contributed by atoms with Crippen LogP contribution in [0.15, 0.2) is 28.8 Å². The molecule has 1 N–H and O–H groups in total. The van der Waals surface area contributed by atoms with E-state index in [2.05, 4.69) is 10.5 Å².